The maximum Gasteiger partial charge on any atom is 0.358 e. The predicted octanol–water partition coefficient (Wildman–Crippen LogP) is 1.93. The molecule has 2 aromatic heterocycles. The highest BCUT2D eigenvalue weighted by atomic mass is 35.5. The van der Waals surface area contributed by atoms with E-state index in [0.717, 1.165) is 5.69 Å². The number of carboxylic acid groups (broad SMARTS) is 1. The molecule has 0 atom stereocenters. The Morgan fingerprint density at radius 2 is 2.06 bits per heavy atom. The van der Waals surface area contributed by atoms with Gasteiger partial charge in [0.25, 0.3) is 0 Å². The fraction of sp³-hybridized carbons (Fsp3) is 0.100. The SMILES string of the molecule is Cc1c(Cl)c(C(=O)O)nn1-c1ccncc1. The lowest BCUT2D eigenvalue weighted by Crippen LogP contribution is -2.02. The molecular formula is C10H8ClN3O2. The number of carbonyl (C=O) groups is 1. The zero-order valence-electron chi connectivity index (χ0n) is 8.38. The van der Waals surface area contributed by atoms with Crippen LogP contribution in [0, 0.1) is 6.92 Å². The van der Waals surface area contributed by atoms with Gasteiger partial charge < -0.3 is 5.11 Å². The normalized spacial score (nSPS) is 10.4. The van der Waals surface area contributed by atoms with Gasteiger partial charge in [0.1, 0.15) is 0 Å². The van der Waals surface area contributed by atoms with Crippen LogP contribution in [-0.2, 0) is 0 Å². The lowest BCUT2D eigenvalue weighted by Gasteiger charge is -2.02. The first kappa shape index (κ1) is 10.6. The third-order valence-corrected chi connectivity index (χ3v) is 2.61. The number of halogens is 1. The molecule has 0 aromatic carbocycles. The number of carboxylic acids is 1. The average molecular weight is 238 g/mol. The molecule has 1 N–H and O–H groups in total. The summed E-state index contributed by atoms with van der Waals surface area (Å²) in [5.41, 5.74) is 1.17. The summed E-state index contributed by atoms with van der Waals surface area (Å²) >= 11 is 5.88. The van der Waals surface area contributed by atoms with Crippen LogP contribution in [0.2, 0.25) is 5.02 Å². The minimum atomic E-state index is -1.14. The van der Waals surface area contributed by atoms with E-state index in [1.165, 1.54) is 4.68 Å². The quantitative estimate of drug-likeness (QED) is 0.867. The van der Waals surface area contributed by atoms with Crippen LogP contribution in [0.4, 0.5) is 0 Å². The Balaban J connectivity index is 2.60. The van der Waals surface area contributed by atoms with Crippen LogP contribution in [-0.4, -0.2) is 25.8 Å². The zero-order valence-corrected chi connectivity index (χ0v) is 9.14. The minimum absolute atomic E-state index is 0.143. The van der Waals surface area contributed by atoms with Gasteiger partial charge in [0.15, 0.2) is 5.69 Å². The topological polar surface area (TPSA) is 68.0 Å². The summed E-state index contributed by atoms with van der Waals surface area (Å²) < 4.78 is 1.48. The summed E-state index contributed by atoms with van der Waals surface area (Å²) in [6.45, 7) is 1.71. The number of hydrogen-bond acceptors (Lipinski definition) is 3. The van der Waals surface area contributed by atoms with Crippen molar-refractivity contribution in [3.63, 3.8) is 0 Å². The van der Waals surface area contributed by atoms with Crippen molar-refractivity contribution in [1.29, 1.82) is 0 Å². The molecule has 0 aliphatic carbocycles. The van der Waals surface area contributed by atoms with Gasteiger partial charge in [-0.2, -0.15) is 5.10 Å². The van der Waals surface area contributed by atoms with E-state index >= 15 is 0 Å². The fourth-order valence-corrected chi connectivity index (χ4v) is 1.56. The molecule has 6 heteroatoms. The van der Waals surface area contributed by atoms with Crippen LogP contribution in [0.15, 0.2) is 24.5 Å². The largest absolute Gasteiger partial charge is 0.476 e. The monoisotopic (exact) mass is 237 g/mol. The first-order chi connectivity index (χ1) is 7.61. The molecule has 0 radical (unpaired) electrons. The lowest BCUT2D eigenvalue weighted by molar-refractivity contribution is 0.0690. The van der Waals surface area contributed by atoms with Crippen molar-refractivity contribution in [2.75, 3.05) is 0 Å². The standard InChI is InChI=1S/C10H8ClN3O2/c1-6-8(11)9(10(15)16)13-14(6)7-2-4-12-5-3-7/h2-5H,1H3,(H,15,16). The van der Waals surface area contributed by atoms with Crippen molar-refractivity contribution in [2.45, 2.75) is 6.92 Å². The molecule has 0 aliphatic heterocycles. The van der Waals surface area contributed by atoms with E-state index in [1.807, 2.05) is 0 Å². The number of rotatable bonds is 2. The lowest BCUT2D eigenvalue weighted by atomic mass is 10.3. The molecule has 2 heterocycles. The molecule has 0 saturated heterocycles. The molecule has 0 bridgehead atoms. The van der Waals surface area contributed by atoms with Crippen LogP contribution in [0.5, 0.6) is 0 Å². The van der Waals surface area contributed by atoms with Crippen LogP contribution < -0.4 is 0 Å². The summed E-state index contributed by atoms with van der Waals surface area (Å²) in [7, 11) is 0. The average Bonchev–Trinajstić information content (AvgIpc) is 2.58. The van der Waals surface area contributed by atoms with Crippen LogP contribution in [0.1, 0.15) is 16.2 Å². The second kappa shape index (κ2) is 3.94. The Labute approximate surface area is 96.3 Å². The Hall–Kier alpha value is -1.88. The molecule has 0 fully saturated rings. The molecular weight excluding hydrogens is 230 g/mol. The van der Waals surface area contributed by atoms with Gasteiger partial charge in [0, 0.05) is 12.4 Å². The maximum atomic E-state index is 10.8. The number of nitrogens with zero attached hydrogens (tertiary/aromatic N) is 3. The van der Waals surface area contributed by atoms with Crippen molar-refractivity contribution in [3.8, 4) is 5.69 Å². The van der Waals surface area contributed by atoms with Crippen LogP contribution >= 0.6 is 11.6 Å². The van der Waals surface area contributed by atoms with Gasteiger partial charge in [0.2, 0.25) is 0 Å². The van der Waals surface area contributed by atoms with Crippen LogP contribution in [0.25, 0.3) is 5.69 Å². The van der Waals surface area contributed by atoms with Gasteiger partial charge in [-0.15, -0.1) is 0 Å². The molecule has 82 valence electrons. The van der Waals surface area contributed by atoms with E-state index < -0.39 is 5.97 Å². The Morgan fingerprint density at radius 1 is 1.44 bits per heavy atom. The van der Waals surface area contributed by atoms with E-state index in [4.69, 9.17) is 16.7 Å². The van der Waals surface area contributed by atoms with Crippen molar-refractivity contribution in [3.05, 3.63) is 40.9 Å². The van der Waals surface area contributed by atoms with Gasteiger partial charge in [-0.1, -0.05) is 11.6 Å². The number of hydrogen-bond donors (Lipinski definition) is 1. The number of aromatic carboxylic acids is 1. The summed E-state index contributed by atoms with van der Waals surface area (Å²) in [5, 5.41) is 13.0. The Bertz CT molecular complexity index is 536. The third kappa shape index (κ3) is 1.65. The van der Waals surface area contributed by atoms with Gasteiger partial charge >= 0.3 is 5.97 Å². The van der Waals surface area contributed by atoms with E-state index in [-0.39, 0.29) is 10.7 Å². The van der Waals surface area contributed by atoms with E-state index in [2.05, 4.69) is 10.1 Å². The van der Waals surface area contributed by atoms with Crippen molar-refractivity contribution in [1.82, 2.24) is 14.8 Å². The van der Waals surface area contributed by atoms with E-state index in [1.54, 1.807) is 31.5 Å². The second-order valence-corrected chi connectivity index (χ2v) is 3.55. The molecule has 2 rings (SSSR count). The minimum Gasteiger partial charge on any atom is -0.476 e. The first-order valence-corrected chi connectivity index (χ1v) is 4.88. The summed E-state index contributed by atoms with van der Waals surface area (Å²) in [5.74, 6) is -1.14. The fourth-order valence-electron chi connectivity index (χ4n) is 1.36. The highest BCUT2D eigenvalue weighted by Crippen LogP contribution is 2.22. The first-order valence-electron chi connectivity index (χ1n) is 4.50. The van der Waals surface area contributed by atoms with Gasteiger partial charge in [-0.3, -0.25) is 4.98 Å². The predicted molar refractivity (Wildman–Crippen MR) is 58.1 cm³/mol. The van der Waals surface area contributed by atoms with Gasteiger partial charge in [-0.25, -0.2) is 9.48 Å². The van der Waals surface area contributed by atoms with E-state index in [0.29, 0.717) is 5.69 Å². The molecule has 2 aromatic rings. The molecule has 5 nitrogen and oxygen atoms in total. The Kier molecular flexibility index (Phi) is 2.62. The summed E-state index contributed by atoms with van der Waals surface area (Å²) in [4.78, 5) is 14.7. The summed E-state index contributed by atoms with van der Waals surface area (Å²) in [6.07, 6.45) is 3.20. The van der Waals surface area contributed by atoms with Crippen molar-refractivity contribution in [2.24, 2.45) is 0 Å². The molecule has 0 saturated carbocycles. The summed E-state index contributed by atoms with van der Waals surface area (Å²) in [6, 6.07) is 3.45. The number of aromatic nitrogens is 3. The van der Waals surface area contributed by atoms with Crippen molar-refractivity contribution >= 4 is 17.6 Å². The molecule has 0 spiro atoms. The van der Waals surface area contributed by atoms with Crippen LogP contribution in [0.3, 0.4) is 0 Å². The van der Waals surface area contributed by atoms with Crippen molar-refractivity contribution < 1.29 is 9.90 Å². The Morgan fingerprint density at radius 3 is 2.56 bits per heavy atom. The van der Waals surface area contributed by atoms with Gasteiger partial charge in [0.05, 0.1) is 16.4 Å². The highest BCUT2D eigenvalue weighted by molar-refractivity contribution is 6.33. The molecule has 16 heavy (non-hydrogen) atoms. The molecule has 0 aliphatic rings. The number of pyridine rings is 1. The highest BCUT2D eigenvalue weighted by Gasteiger charge is 2.18. The smallest absolute Gasteiger partial charge is 0.358 e. The molecule has 0 amide bonds. The third-order valence-electron chi connectivity index (χ3n) is 2.15. The second-order valence-electron chi connectivity index (χ2n) is 3.17. The maximum absolute atomic E-state index is 10.8. The van der Waals surface area contributed by atoms with Gasteiger partial charge in [-0.05, 0) is 19.1 Å². The van der Waals surface area contributed by atoms with E-state index in [9.17, 15) is 4.79 Å². The molecule has 0 unspecified atom stereocenters. The zero-order chi connectivity index (χ0) is 11.7.